The molecular formula is C19H15N7O4. The Morgan fingerprint density at radius 2 is 2.07 bits per heavy atom. The third kappa shape index (κ3) is 3.17. The largest absolute Gasteiger partial charge is 0.454 e. The van der Waals surface area contributed by atoms with Crippen LogP contribution in [0.2, 0.25) is 0 Å². The molecule has 2 aromatic heterocycles. The van der Waals surface area contributed by atoms with Gasteiger partial charge >= 0.3 is 0 Å². The molecule has 0 bridgehead atoms. The molecule has 0 saturated carbocycles. The fourth-order valence-electron chi connectivity index (χ4n) is 3.12. The van der Waals surface area contributed by atoms with E-state index >= 15 is 0 Å². The van der Waals surface area contributed by atoms with E-state index in [0.717, 1.165) is 11.1 Å². The number of nitrogens with one attached hydrogen (secondary N) is 1. The molecule has 0 atom stereocenters. The van der Waals surface area contributed by atoms with Crippen LogP contribution in [0.15, 0.2) is 52.2 Å². The molecule has 4 aromatic rings. The first-order valence-electron chi connectivity index (χ1n) is 8.94. The van der Waals surface area contributed by atoms with Crippen LogP contribution in [0.5, 0.6) is 11.5 Å². The summed E-state index contributed by atoms with van der Waals surface area (Å²) in [5.41, 5.74) is 10.8. The highest BCUT2D eigenvalue weighted by Crippen LogP contribution is 2.32. The number of hydrogen-bond donors (Lipinski definition) is 2. The molecule has 1 aliphatic heterocycles. The van der Waals surface area contributed by atoms with Crippen molar-refractivity contribution in [1.29, 1.82) is 0 Å². The van der Waals surface area contributed by atoms with Crippen molar-refractivity contribution in [1.82, 2.24) is 25.3 Å². The van der Waals surface area contributed by atoms with Gasteiger partial charge in [-0.15, -0.1) is 0 Å². The molecule has 2 aromatic carbocycles. The molecule has 0 unspecified atom stereocenters. The van der Waals surface area contributed by atoms with Crippen LogP contribution in [0.3, 0.4) is 0 Å². The number of benzene rings is 2. The summed E-state index contributed by atoms with van der Waals surface area (Å²) >= 11 is 0. The lowest BCUT2D eigenvalue weighted by Gasteiger charge is -2.06. The van der Waals surface area contributed by atoms with Gasteiger partial charge in [-0.2, -0.15) is 5.10 Å². The summed E-state index contributed by atoms with van der Waals surface area (Å²) in [6, 6.07) is 12.7. The van der Waals surface area contributed by atoms with E-state index in [1.165, 1.54) is 6.21 Å². The Hall–Kier alpha value is -4.41. The third-order valence-electron chi connectivity index (χ3n) is 4.48. The van der Waals surface area contributed by atoms with E-state index in [9.17, 15) is 4.79 Å². The highest BCUT2D eigenvalue weighted by Gasteiger charge is 2.20. The number of hydrogen-bond acceptors (Lipinski definition) is 9. The minimum absolute atomic E-state index is 0.0549. The fraction of sp³-hybridized carbons (Fsp3) is 0.105. The van der Waals surface area contributed by atoms with Gasteiger partial charge in [0, 0.05) is 0 Å². The Labute approximate surface area is 169 Å². The molecular weight excluding hydrogens is 390 g/mol. The summed E-state index contributed by atoms with van der Waals surface area (Å²) in [4.78, 5) is 17.0. The smallest absolute Gasteiger partial charge is 0.260 e. The first-order chi connectivity index (χ1) is 14.7. The van der Waals surface area contributed by atoms with E-state index in [1.807, 2.05) is 30.3 Å². The molecule has 0 saturated heterocycles. The Bertz CT molecular complexity index is 1280. The Kier molecular flexibility index (Phi) is 4.24. The van der Waals surface area contributed by atoms with E-state index in [0.29, 0.717) is 22.8 Å². The monoisotopic (exact) mass is 405 g/mol. The zero-order valence-electron chi connectivity index (χ0n) is 15.5. The summed E-state index contributed by atoms with van der Waals surface area (Å²) in [6.07, 6.45) is 1.52. The minimum Gasteiger partial charge on any atom is -0.454 e. The van der Waals surface area contributed by atoms with Gasteiger partial charge in [-0.1, -0.05) is 12.1 Å². The Morgan fingerprint density at radius 1 is 1.20 bits per heavy atom. The van der Waals surface area contributed by atoms with Crippen molar-refractivity contribution in [3.63, 3.8) is 0 Å². The predicted octanol–water partition coefficient (Wildman–Crippen LogP) is 1.55. The van der Waals surface area contributed by atoms with Gasteiger partial charge in [-0.3, -0.25) is 4.79 Å². The van der Waals surface area contributed by atoms with Crippen molar-refractivity contribution >= 4 is 29.0 Å². The SMILES string of the molecule is Nc1nonc1-c1nc2ccccc2n1CC(=O)NN=Cc1ccc2c(c1)OCO2. The van der Waals surface area contributed by atoms with Crippen LogP contribution < -0.4 is 20.6 Å². The topological polar surface area (TPSA) is 143 Å². The fourth-order valence-corrected chi connectivity index (χ4v) is 3.12. The van der Waals surface area contributed by atoms with Gasteiger partial charge in [0.1, 0.15) is 6.54 Å². The molecule has 1 aliphatic rings. The van der Waals surface area contributed by atoms with Gasteiger partial charge in [0.25, 0.3) is 5.91 Å². The summed E-state index contributed by atoms with van der Waals surface area (Å²) in [5.74, 6) is 1.43. The van der Waals surface area contributed by atoms with Gasteiger partial charge < -0.3 is 19.8 Å². The lowest BCUT2D eigenvalue weighted by molar-refractivity contribution is -0.121. The van der Waals surface area contributed by atoms with Gasteiger partial charge in [0.15, 0.2) is 28.8 Å². The molecule has 1 amide bonds. The average Bonchev–Trinajstić information content (AvgIpc) is 3.46. The molecule has 5 rings (SSSR count). The first-order valence-corrected chi connectivity index (χ1v) is 8.94. The van der Waals surface area contributed by atoms with E-state index < -0.39 is 0 Å². The maximum absolute atomic E-state index is 12.5. The zero-order chi connectivity index (χ0) is 20.5. The molecule has 0 spiro atoms. The minimum atomic E-state index is -0.355. The number of para-hydroxylation sites is 2. The van der Waals surface area contributed by atoms with Crippen molar-refractivity contribution in [2.24, 2.45) is 5.10 Å². The maximum Gasteiger partial charge on any atom is 0.260 e. The summed E-state index contributed by atoms with van der Waals surface area (Å²) < 4.78 is 17.0. The molecule has 11 heteroatoms. The standard InChI is InChI=1S/C19H15N7O4/c20-18-17(24-30-25-18)19-22-12-3-1-2-4-13(12)26(19)9-16(27)23-21-8-11-5-6-14-15(7-11)29-10-28-14/h1-8H,9-10H2,(H2,20,25)(H,23,27). The number of nitrogens with zero attached hydrogens (tertiary/aromatic N) is 5. The van der Waals surface area contributed by atoms with Crippen molar-refractivity contribution in [3.05, 3.63) is 48.0 Å². The van der Waals surface area contributed by atoms with E-state index in [-0.39, 0.29) is 30.8 Å². The van der Waals surface area contributed by atoms with Gasteiger partial charge in [-0.25, -0.2) is 15.0 Å². The second kappa shape index (κ2) is 7.20. The molecule has 11 nitrogen and oxygen atoms in total. The highest BCUT2D eigenvalue weighted by molar-refractivity contribution is 5.86. The number of carbonyl (C=O) groups excluding carboxylic acids is 1. The maximum atomic E-state index is 12.5. The summed E-state index contributed by atoms with van der Waals surface area (Å²) in [6.45, 7) is 0.139. The van der Waals surface area contributed by atoms with Crippen LogP contribution in [0.4, 0.5) is 5.82 Å². The number of anilines is 1. The van der Waals surface area contributed by atoms with Crippen LogP contribution >= 0.6 is 0 Å². The molecule has 0 fully saturated rings. The number of aromatic nitrogens is 4. The lowest BCUT2D eigenvalue weighted by atomic mass is 10.2. The second-order valence-corrected chi connectivity index (χ2v) is 6.41. The van der Waals surface area contributed by atoms with Crippen molar-refractivity contribution < 1.29 is 18.9 Å². The van der Waals surface area contributed by atoms with Crippen molar-refractivity contribution in [2.45, 2.75) is 6.54 Å². The molecule has 0 radical (unpaired) electrons. The van der Waals surface area contributed by atoms with Crippen LogP contribution in [0, 0.1) is 0 Å². The van der Waals surface area contributed by atoms with Crippen LogP contribution in [0.1, 0.15) is 5.56 Å². The van der Waals surface area contributed by atoms with E-state index in [1.54, 1.807) is 16.7 Å². The van der Waals surface area contributed by atoms with E-state index in [4.69, 9.17) is 15.2 Å². The zero-order valence-corrected chi connectivity index (χ0v) is 15.5. The van der Waals surface area contributed by atoms with Crippen LogP contribution in [0.25, 0.3) is 22.6 Å². The average molecular weight is 405 g/mol. The quantitative estimate of drug-likeness (QED) is 0.376. The van der Waals surface area contributed by atoms with Gasteiger partial charge in [0.2, 0.25) is 6.79 Å². The number of hydrazone groups is 1. The highest BCUT2D eigenvalue weighted by atomic mass is 16.7. The number of nitrogens with two attached hydrogens (primary N) is 1. The lowest BCUT2D eigenvalue weighted by Crippen LogP contribution is -2.23. The number of ether oxygens (including phenoxy) is 2. The molecule has 3 heterocycles. The Morgan fingerprint density at radius 3 is 2.93 bits per heavy atom. The second-order valence-electron chi connectivity index (χ2n) is 6.41. The van der Waals surface area contributed by atoms with Gasteiger partial charge in [-0.05, 0) is 46.2 Å². The first kappa shape index (κ1) is 17.7. The van der Waals surface area contributed by atoms with Gasteiger partial charge in [0.05, 0.1) is 17.2 Å². The number of amides is 1. The normalized spacial score (nSPS) is 12.7. The molecule has 30 heavy (non-hydrogen) atoms. The molecule has 3 N–H and O–H groups in total. The number of carbonyl (C=O) groups is 1. The van der Waals surface area contributed by atoms with Crippen LogP contribution in [-0.4, -0.2) is 38.8 Å². The third-order valence-corrected chi connectivity index (χ3v) is 4.48. The molecule has 150 valence electrons. The number of nitrogen functional groups attached to an aromatic ring is 1. The van der Waals surface area contributed by atoms with E-state index in [2.05, 4.69) is 30.5 Å². The number of imidazole rings is 1. The predicted molar refractivity (Wildman–Crippen MR) is 106 cm³/mol. The Balaban J connectivity index is 1.36. The molecule has 0 aliphatic carbocycles. The number of fused-ring (bicyclic) bond motifs is 2. The van der Waals surface area contributed by atoms with Crippen molar-refractivity contribution in [2.75, 3.05) is 12.5 Å². The summed E-state index contributed by atoms with van der Waals surface area (Å²) in [7, 11) is 0. The number of rotatable bonds is 5. The summed E-state index contributed by atoms with van der Waals surface area (Å²) in [5, 5.41) is 11.4. The van der Waals surface area contributed by atoms with Crippen LogP contribution in [-0.2, 0) is 11.3 Å². The van der Waals surface area contributed by atoms with Crippen molar-refractivity contribution in [3.8, 4) is 23.0 Å².